The number of hydrogen-bond acceptors (Lipinski definition) is 12. The fraction of sp³-hybridized carbons (Fsp3) is 0.192. The van der Waals surface area contributed by atoms with Crippen molar-refractivity contribution in [3.05, 3.63) is 98.7 Å². The van der Waals surface area contributed by atoms with Crippen LogP contribution < -0.4 is 11.1 Å². The first kappa shape index (κ1) is 27.8. The number of anilines is 1. The van der Waals surface area contributed by atoms with Gasteiger partial charge in [0, 0.05) is 23.3 Å². The number of nitrogens with zero attached hydrogens (tertiary/aromatic N) is 4. The van der Waals surface area contributed by atoms with Gasteiger partial charge in [-0.2, -0.15) is 0 Å². The van der Waals surface area contributed by atoms with Crippen LogP contribution in [-0.2, 0) is 37.2 Å². The van der Waals surface area contributed by atoms with Gasteiger partial charge in [-0.1, -0.05) is 35.5 Å². The highest BCUT2D eigenvalue weighted by molar-refractivity contribution is 8.00. The number of oxime groups is 1. The number of fused-ring (bicyclic) bond motifs is 1. The van der Waals surface area contributed by atoms with Gasteiger partial charge in [0.2, 0.25) is 0 Å². The topological polar surface area (TPSA) is 179 Å². The Kier molecular flexibility index (Phi) is 8.26. The average molecular weight is 595 g/mol. The van der Waals surface area contributed by atoms with Crippen molar-refractivity contribution in [3.63, 3.8) is 0 Å². The standard InChI is InChI=1S/C26H22N6O7S2/c27-26-28-18(14-41-26)20(30-39-13-15-4-2-1-3-5-15)22(33)29-21-23(34)31-19(10-11-40-24(21)31)25(35)38-12-16-6-8-17(9-7-16)32(36)37/h1-10,14,21,24H,11-13H2,(H2,27,28)(H,29,33)/t21?,24-/m1/s1. The Balaban J connectivity index is 1.22. The highest BCUT2D eigenvalue weighted by atomic mass is 32.2. The Labute approximate surface area is 241 Å². The second kappa shape index (κ2) is 12.2. The Hall–Kier alpha value is -4.76. The molecule has 3 aromatic rings. The number of carbonyl (C=O) groups is 3. The minimum absolute atomic E-state index is 0.0681. The molecule has 3 N–H and O–H groups in total. The number of esters is 1. The number of non-ortho nitro benzene ring substituents is 1. The number of thiazole rings is 1. The Morgan fingerprint density at radius 2 is 1.88 bits per heavy atom. The molecule has 1 saturated heterocycles. The summed E-state index contributed by atoms with van der Waals surface area (Å²) in [5.41, 5.74) is 7.19. The van der Waals surface area contributed by atoms with Crippen molar-refractivity contribution in [3.8, 4) is 0 Å². The monoisotopic (exact) mass is 594 g/mol. The molecule has 0 saturated carbocycles. The predicted octanol–water partition coefficient (Wildman–Crippen LogP) is 2.58. The fourth-order valence-corrected chi connectivity index (χ4v) is 5.76. The highest BCUT2D eigenvalue weighted by Gasteiger charge is 2.53. The number of amides is 2. The van der Waals surface area contributed by atoms with E-state index in [-0.39, 0.29) is 41.1 Å². The number of nitrogen functional groups attached to an aromatic ring is 1. The van der Waals surface area contributed by atoms with Crippen molar-refractivity contribution < 1.29 is 28.9 Å². The SMILES string of the molecule is Nc1nc(C(=NOCc2ccccc2)C(=O)NC2C(=O)N3C(C(=O)OCc4ccc([N+](=O)[O-])cc4)=CCS[C@H]23)cs1. The highest BCUT2D eigenvalue weighted by Crippen LogP contribution is 2.38. The van der Waals surface area contributed by atoms with Gasteiger partial charge >= 0.3 is 5.97 Å². The van der Waals surface area contributed by atoms with E-state index in [0.29, 0.717) is 11.3 Å². The molecule has 13 nitrogen and oxygen atoms in total. The lowest BCUT2D eigenvalue weighted by molar-refractivity contribution is -0.384. The second-order valence-electron chi connectivity index (χ2n) is 8.74. The maximum absolute atomic E-state index is 13.2. The zero-order valence-electron chi connectivity index (χ0n) is 21.2. The number of hydrogen-bond donors (Lipinski definition) is 2. The maximum Gasteiger partial charge on any atom is 0.355 e. The number of carbonyl (C=O) groups excluding carboxylic acids is 3. The van der Waals surface area contributed by atoms with Crippen LogP contribution >= 0.6 is 23.1 Å². The molecule has 1 unspecified atom stereocenters. The molecule has 2 aromatic carbocycles. The van der Waals surface area contributed by atoms with E-state index in [1.54, 1.807) is 11.5 Å². The van der Waals surface area contributed by atoms with Gasteiger partial charge in [0.1, 0.15) is 36.0 Å². The molecule has 0 aliphatic carbocycles. The molecule has 2 atom stereocenters. The number of nitrogens with two attached hydrogens (primary N) is 1. The van der Waals surface area contributed by atoms with Crippen molar-refractivity contribution in [2.45, 2.75) is 24.6 Å². The average Bonchev–Trinajstić information content (AvgIpc) is 3.42. The van der Waals surface area contributed by atoms with E-state index >= 15 is 0 Å². The van der Waals surface area contributed by atoms with Crippen LogP contribution in [0.15, 0.2) is 76.9 Å². The number of nitrogens with one attached hydrogen (secondary N) is 1. The molecule has 2 aliphatic rings. The summed E-state index contributed by atoms with van der Waals surface area (Å²) >= 11 is 2.50. The van der Waals surface area contributed by atoms with Crippen LogP contribution in [0.25, 0.3) is 0 Å². The molecule has 5 rings (SSSR count). The molecule has 1 aromatic heterocycles. The third-order valence-electron chi connectivity index (χ3n) is 6.07. The molecular weight excluding hydrogens is 572 g/mol. The lowest BCUT2D eigenvalue weighted by atomic mass is 10.0. The molecular formula is C26H22N6O7S2. The fourth-order valence-electron chi connectivity index (χ4n) is 4.02. The van der Waals surface area contributed by atoms with Crippen molar-refractivity contribution in [1.82, 2.24) is 15.2 Å². The van der Waals surface area contributed by atoms with Crippen LogP contribution in [0.3, 0.4) is 0 Å². The number of rotatable bonds is 10. The lowest BCUT2D eigenvalue weighted by Crippen LogP contribution is -2.70. The van der Waals surface area contributed by atoms with Gasteiger partial charge in [0.25, 0.3) is 17.5 Å². The zero-order valence-corrected chi connectivity index (χ0v) is 22.8. The van der Waals surface area contributed by atoms with Crippen LogP contribution in [0, 0.1) is 10.1 Å². The summed E-state index contributed by atoms with van der Waals surface area (Å²) in [5.74, 6) is -1.48. The number of β-lactam (4-membered cyclic amide) rings is 1. The molecule has 2 aliphatic heterocycles. The molecule has 0 spiro atoms. The number of aromatic nitrogens is 1. The van der Waals surface area contributed by atoms with Crippen molar-refractivity contribution >= 4 is 57.4 Å². The first-order chi connectivity index (χ1) is 19.8. The number of benzene rings is 2. The minimum atomic E-state index is -0.922. The number of thioether (sulfide) groups is 1. The molecule has 0 bridgehead atoms. The van der Waals surface area contributed by atoms with Gasteiger partial charge in [0.15, 0.2) is 10.8 Å². The molecule has 2 amide bonds. The van der Waals surface area contributed by atoms with Crippen LogP contribution in [0.5, 0.6) is 0 Å². The number of nitro groups is 1. The summed E-state index contributed by atoms with van der Waals surface area (Å²) in [4.78, 5) is 60.2. The van der Waals surface area contributed by atoms with Gasteiger partial charge in [0.05, 0.1) is 4.92 Å². The van der Waals surface area contributed by atoms with E-state index in [0.717, 1.165) is 16.9 Å². The number of ether oxygens (including phenoxy) is 1. The summed E-state index contributed by atoms with van der Waals surface area (Å²) in [7, 11) is 0. The van der Waals surface area contributed by atoms with Crippen LogP contribution in [0.2, 0.25) is 0 Å². The first-order valence-corrected chi connectivity index (χ1v) is 14.1. The molecule has 1 fully saturated rings. The van der Waals surface area contributed by atoms with Gasteiger partial charge in [-0.25, -0.2) is 9.78 Å². The predicted molar refractivity (Wildman–Crippen MR) is 150 cm³/mol. The molecule has 3 heterocycles. The first-order valence-electron chi connectivity index (χ1n) is 12.1. The molecule has 210 valence electrons. The molecule has 0 radical (unpaired) electrons. The Morgan fingerprint density at radius 1 is 1.15 bits per heavy atom. The van der Waals surface area contributed by atoms with Gasteiger partial charge in [-0.3, -0.25) is 24.6 Å². The van der Waals surface area contributed by atoms with Crippen molar-refractivity contribution in [2.75, 3.05) is 11.5 Å². The van der Waals surface area contributed by atoms with E-state index in [2.05, 4.69) is 15.5 Å². The Morgan fingerprint density at radius 3 is 2.56 bits per heavy atom. The summed E-state index contributed by atoms with van der Waals surface area (Å²) in [5, 5.41) is 18.8. The maximum atomic E-state index is 13.2. The van der Waals surface area contributed by atoms with Gasteiger partial charge in [-0.05, 0) is 29.3 Å². The van der Waals surface area contributed by atoms with Crippen molar-refractivity contribution in [1.29, 1.82) is 0 Å². The van der Waals surface area contributed by atoms with Crippen LogP contribution in [0.1, 0.15) is 16.8 Å². The number of nitro benzene ring substituents is 1. The largest absolute Gasteiger partial charge is 0.456 e. The van der Waals surface area contributed by atoms with E-state index in [4.69, 9.17) is 15.3 Å². The van der Waals surface area contributed by atoms with E-state index < -0.39 is 34.1 Å². The lowest BCUT2D eigenvalue weighted by Gasteiger charge is -2.48. The summed E-state index contributed by atoms with van der Waals surface area (Å²) in [6.07, 6.45) is 1.58. The van der Waals surface area contributed by atoms with Crippen LogP contribution in [-0.4, -0.2) is 55.5 Å². The molecule has 15 heteroatoms. The zero-order chi connectivity index (χ0) is 28.9. The molecule has 41 heavy (non-hydrogen) atoms. The van der Waals surface area contributed by atoms with Crippen molar-refractivity contribution in [2.24, 2.45) is 5.16 Å². The summed E-state index contributed by atoms with van der Waals surface area (Å²) < 4.78 is 5.34. The quantitative estimate of drug-likeness (QED) is 0.116. The third kappa shape index (κ3) is 6.20. The third-order valence-corrected chi connectivity index (χ3v) is 7.93. The van der Waals surface area contributed by atoms with Gasteiger partial charge < -0.3 is 20.6 Å². The summed E-state index contributed by atoms with van der Waals surface area (Å²) in [6, 6.07) is 13.9. The summed E-state index contributed by atoms with van der Waals surface area (Å²) in [6.45, 7) is -0.0181. The normalized spacial score (nSPS) is 18.0. The van der Waals surface area contributed by atoms with E-state index in [9.17, 15) is 24.5 Å². The second-order valence-corrected chi connectivity index (χ2v) is 10.8. The smallest absolute Gasteiger partial charge is 0.355 e. The Bertz CT molecular complexity index is 1540. The van der Waals surface area contributed by atoms with E-state index in [1.165, 1.54) is 40.9 Å². The van der Waals surface area contributed by atoms with E-state index in [1.807, 2.05) is 30.3 Å². The van der Waals surface area contributed by atoms with Crippen LogP contribution in [0.4, 0.5) is 10.8 Å². The minimum Gasteiger partial charge on any atom is -0.456 e. The van der Waals surface area contributed by atoms with Gasteiger partial charge in [-0.15, -0.1) is 23.1 Å².